The van der Waals surface area contributed by atoms with Gasteiger partial charge in [-0.15, -0.1) is 0 Å². The third kappa shape index (κ3) is 12.8. The molecule has 0 amide bonds. The summed E-state index contributed by atoms with van der Waals surface area (Å²) in [6.45, 7) is 0.0192. The van der Waals surface area contributed by atoms with E-state index in [1.165, 1.54) is 30.3 Å². The van der Waals surface area contributed by atoms with E-state index >= 15 is 0 Å². The van der Waals surface area contributed by atoms with E-state index in [4.69, 9.17) is 29.6 Å². The predicted octanol–water partition coefficient (Wildman–Crippen LogP) is 6.98. The molecule has 0 radical (unpaired) electrons. The molecule has 0 saturated heterocycles. The lowest BCUT2D eigenvalue weighted by Gasteiger charge is -2.17. The average molecular weight is 1090 g/mol. The van der Waals surface area contributed by atoms with Crippen molar-refractivity contribution in [1.29, 1.82) is 15.8 Å². The maximum absolute atomic E-state index is 14.9. The zero-order valence-electron chi connectivity index (χ0n) is 37.1. The molecular weight excluding hydrogens is 1060 g/mol. The van der Waals surface area contributed by atoms with Gasteiger partial charge in [0.25, 0.3) is 11.1 Å². The predicted molar refractivity (Wildman–Crippen MR) is 234 cm³/mol. The van der Waals surface area contributed by atoms with Crippen LogP contribution in [-0.2, 0) is 52.1 Å². The van der Waals surface area contributed by atoms with E-state index in [-0.39, 0.29) is 75.6 Å². The van der Waals surface area contributed by atoms with E-state index in [2.05, 4.69) is 25.6 Å². The summed E-state index contributed by atoms with van der Waals surface area (Å²) >= 11 is 3.09. The molecule has 0 spiro atoms. The normalized spacial score (nSPS) is 10.9. The maximum Gasteiger partial charge on any atom is 0.431 e. The number of aromatic nitrogens is 4. The van der Waals surface area contributed by atoms with Gasteiger partial charge in [0, 0.05) is 50.8 Å². The Labute approximate surface area is 410 Å². The Hall–Kier alpha value is -9.23. The Morgan fingerprint density at radius 2 is 1.21 bits per heavy atom. The zero-order valence-corrected chi connectivity index (χ0v) is 38.6. The third-order valence-corrected chi connectivity index (χ3v) is 10.00. The lowest BCUT2D eigenvalue weighted by molar-refractivity contribution is -0.211. The van der Waals surface area contributed by atoms with Crippen LogP contribution in [0.3, 0.4) is 0 Å². The number of esters is 1. The number of nitrogens with zero attached hydrogens (tertiary/aromatic N) is 7. The van der Waals surface area contributed by atoms with Gasteiger partial charge in [-0.2, -0.15) is 42.1 Å². The second kappa shape index (κ2) is 22.7. The fourth-order valence-corrected chi connectivity index (χ4v) is 6.53. The van der Waals surface area contributed by atoms with Gasteiger partial charge in [-0.3, -0.25) is 28.5 Å². The zero-order chi connectivity index (χ0) is 54.1. The van der Waals surface area contributed by atoms with Gasteiger partial charge in [0.1, 0.15) is 46.7 Å². The fraction of sp³-hybridized carbons (Fsp3) is 0.178. The quantitative estimate of drug-likeness (QED) is 0.0490. The molecule has 6 rings (SSSR count). The number of para-hydroxylation sites is 3. The number of hydrogen-bond donors (Lipinski definition) is 0. The molecule has 0 saturated carbocycles. The van der Waals surface area contributed by atoms with E-state index in [1.807, 2.05) is 6.07 Å². The van der Waals surface area contributed by atoms with Crippen molar-refractivity contribution >= 4 is 27.9 Å². The number of hydrogen-bond acceptors (Lipinski definition) is 15. The van der Waals surface area contributed by atoms with Gasteiger partial charge >= 0.3 is 35.7 Å². The Morgan fingerprint density at radius 1 is 0.671 bits per heavy atom. The lowest BCUT2D eigenvalue weighted by atomic mass is 10.1. The van der Waals surface area contributed by atoms with Crippen LogP contribution in [0, 0.1) is 45.6 Å². The van der Waals surface area contributed by atoms with Gasteiger partial charge in [0.05, 0.1) is 33.9 Å². The maximum atomic E-state index is 14.9. The second-order valence-electron chi connectivity index (χ2n) is 14.2. The lowest BCUT2D eigenvalue weighted by Crippen LogP contribution is -2.41. The molecule has 2 heterocycles. The monoisotopic (exact) mass is 1090 g/mol. The molecule has 4 aromatic carbocycles. The average Bonchev–Trinajstić information content (AvgIpc) is 3.32. The molecule has 0 bridgehead atoms. The molecule has 2 aromatic heterocycles. The summed E-state index contributed by atoms with van der Waals surface area (Å²) in [6, 6.07) is 18.7. The van der Waals surface area contributed by atoms with Gasteiger partial charge in [0.2, 0.25) is 5.75 Å². The Morgan fingerprint density at radius 3 is 1.73 bits per heavy atom. The summed E-state index contributed by atoms with van der Waals surface area (Å²) in [6.07, 6.45) is -10.3. The first kappa shape index (κ1) is 54.7. The molecule has 0 atom stereocenters. The summed E-state index contributed by atoms with van der Waals surface area (Å²) in [5.74, 6) is -5.02. The first-order chi connectivity index (χ1) is 34.3. The molecule has 0 aliphatic heterocycles. The Bertz CT molecular complexity index is 3530. The van der Waals surface area contributed by atoms with Crippen molar-refractivity contribution in [2.75, 3.05) is 13.2 Å². The van der Waals surface area contributed by atoms with E-state index < -0.39 is 106 Å². The highest BCUT2D eigenvalue weighted by Gasteiger charge is 2.37. The smallest absolute Gasteiger partial charge is 0.431 e. The molecule has 0 N–H and O–H groups in total. The molecule has 0 aliphatic rings. The van der Waals surface area contributed by atoms with Crippen molar-refractivity contribution in [2.24, 2.45) is 14.1 Å². The molecule has 0 fully saturated rings. The van der Waals surface area contributed by atoms with E-state index in [9.17, 15) is 69.2 Å². The molecule has 0 unspecified atom stereocenters. The van der Waals surface area contributed by atoms with E-state index in [0.29, 0.717) is 6.07 Å². The van der Waals surface area contributed by atoms with Crippen molar-refractivity contribution in [2.45, 2.75) is 25.7 Å². The van der Waals surface area contributed by atoms with Gasteiger partial charge in [-0.1, -0.05) is 24.3 Å². The van der Waals surface area contributed by atoms with Crippen LogP contribution in [0.2, 0.25) is 0 Å². The largest absolute Gasteiger partial charge is 0.478 e. The van der Waals surface area contributed by atoms with E-state index in [0.717, 1.165) is 39.2 Å². The molecule has 0 aliphatic carbocycles. The molecule has 19 nitrogen and oxygen atoms in total. The molecule has 73 heavy (non-hydrogen) atoms. The highest BCUT2D eigenvalue weighted by atomic mass is 79.9. The van der Waals surface area contributed by atoms with Crippen molar-refractivity contribution < 1.29 is 73.4 Å². The van der Waals surface area contributed by atoms with E-state index in [1.54, 1.807) is 24.3 Å². The van der Waals surface area contributed by atoms with Gasteiger partial charge < -0.3 is 18.9 Å². The van der Waals surface area contributed by atoms with Crippen LogP contribution >= 0.6 is 15.9 Å². The number of rotatable bonds is 13. The van der Waals surface area contributed by atoms with Crippen LogP contribution in [0.15, 0.2) is 103 Å². The molecular formula is C45H28BrF8N7O12. The number of nitriles is 3. The summed E-state index contributed by atoms with van der Waals surface area (Å²) in [5, 5.41) is 27.0. The van der Waals surface area contributed by atoms with Gasteiger partial charge in [-0.25, -0.2) is 37.1 Å². The minimum Gasteiger partial charge on any atom is -0.478 e. The van der Waals surface area contributed by atoms with Crippen LogP contribution in [-0.4, -0.2) is 43.4 Å². The van der Waals surface area contributed by atoms with Gasteiger partial charge in [-0.05, 0) is 46.3 Å². The van der Waals surface area contributed by atoms with Gasteiger partial charge in [0.15, 0.2) is 30.5 Å². The SMILES string of the molecule is CC(=O)OOc1cccc(CC#N)c1Oc1cc(-n2c(=O)cc(C(F)(F)F)n(C)c2=O)c(F)cc1C#N.Cn1c(C(F)(F)F)cc(=O)n(-c2cc(Oc3ccccc3OCC(=O)OCC#N)c(Br)cc2F)c1=O. The summed E-state index contributed by atoms with van der Waals surface area (Å²) < 4.78 is 131. The van der Waals surface area contributed by atoms with Crippen molar-refractivity contribution in [1.82, 2.24) is 18.3 Å². The van der Waals surface area contributed by atoms with Crippen LogP contribution in [0.1, 0.15) is 29.4 Å². The molecule has 28 heteroatoms. The summed E-state index contributed by atoms with van der Waals surface area (Å²) in [4.78, 5) is 82.2. The minimum absolute atomic E-state index is 0.0245. The first-order valence-corrected chi connectivity index (χ1v) is 20.6. The second-order valence-corrected chi connectivity index (χ2v) is 15.1. The standard InChI is InChI=1S/C23H14F4N4O6.C22H14BrF4N3O6/c1-12(32)36-37-17-5-3-4-13(6-7-28)21(17)35-18-9-16(15(24)8-14(18)11-29)31-20(33)10-19(23(25,26)27)30(2)22(31)34;1-29-18(22(25,26)27)10-19(31)30(21(29)33)14-9-17(12(23)8-13(14)24)36-16-5-3-2-4-15(16)35-11-20(32)34-7-6-28/h3-5,8-10H,6H2,1-2H3;2-5,8-10H,7,11H2,1H3. The van der Waals surface area contributed by atoms with Crippen molar-refractivity contribution in [3.8, 4) is 64.1 Å². The highest BCUT2D eigenvalue weighted by molar-refractivity contribution is 9.10. The fourth-order valence-electron chi connectivity index (χ4n) is 6.14. The third-order valence-electron chi connectivity index (χ3n) is 9.38. The van der Waals surface area contributed by atoms with Crippen molar-refractivity contribution in [3.63, 3.8) is 0 Å². The van der Waals surface area contributed by atoms with Crippen LogP contribution in [0.5, 0.6) is 34.5 Å². The summed E-state index contributed by atoms with van der Waals surface area (Å²) in [7, 11) is 1.54. The minimum atomic E-state index is -5.04. The summed E-state index contributed by atoms with van der Waals surface area (Å²) in [5.41, 5.74) is -10.6. The topological polar surface area (TPSA) is 249 Å². The van der Waals surface area contributed by atoms with Crippen LogP contribution < -0.4 is 41.6 Å². The molecule has 6 aromatic rings. The van der Waals surface area contributed by atoms with Crippen LogP contribution in [0.4, 0.5) is 35.1 Å². The Balaban J connectivity index is 0.000000271. The van der Waals surface area contributed by atoms with Crippen LogP contribution in [0.25, 0.3) is 11.4 Å². The first-order valence-electron chi connectivity index (χ1n) is 19.8. The number of benzene rings is 4. The molecule has 378 valence electrons. The number of halogens is 9. The number of alkyl halides is 6. The highest BCUT2D eigenvalue weighted by Crippen LogP contribution is 2.39. The van der Waals surface area contributed by atoms with Crippen molar-refractivity contribution in [3.05, 3.63) is 159 Å². The number of carbonyl (C=O) groups is 2. The Kier molecular flexibility index (Phi) is 17.0. The number of ether oxygens (including phenoxy) is 4. The number of carbonyl (C=O) groups excluding carboxylic acids is 2.